The average Bonchev–Trinajstić information content (AvgIpc) is 2.66. The number of hydrogen-bond donors (Lipinski definition) is 1. The highest BCUT2D eigenvalue weighted by atomic mass is 15.3. The van der Waals surface area contributed by atoms with Crippen LogP contribution in [0.3, 0.4) is 0 Å². The Morgan fingerprint density at radius 2 is 2.27 bits per heavy atom. The van der Waals surface area contributed by atoms with Gasteiger partial charge in [0.05, 0.1) is 0 Å². The first-order chi connectivity index (χ1) is 5.24. The van der Waals surface area contributed by atoms with Crippen LogP contribution in [0.5, 0.6) is 0 Å². The molecular weight excluding hydrogens is 138 g/mol. The van der Waals surface area contributed by atoms with Crippen LogP contribution in [0, 0.1) is 0 Å². The van der Waals surface area contributed by atoms with Crippen LogP contribution in [-0.2, 0) is 0 Å². The summed E-state index contributed by atoms with van der Waals surface area (Å²) in [6.45, 7) is 4.47. The summed E-state index contributed by atoms with van der Waals surface area (Å²) >= 11 is 0. The molecule has 11 heavy (non-hydrogen) atoms. The van der Waals surface area contributed by atoms with E-state index in [0.717, 1.165) is 6.54 Å². The maximum absolute atomic E-state index is 5.50. The van der Waals surface area contributed by atoms with Crippen LogP contribution in [0.1, 0.15) is 6.42 Å². The van der Waals surface area contributed by atoms with Crippen molar-refractivity contribution in [3.63, 3.8) is 0 Å². The normalized spacial score (nSPS) is 29.5. The Labute approximate surface area is 69.1 Å². The van der Waals surface area contributed by atoms with Gasteiger partial charge in [0.15, 0.2) is 0 Å². The molecule has 1 rings (SSSR count). The molecule has 1 fully saturated rings. The molecule has 0 amide bonds. The van der Waals surface area contributed by atoms with Gasteiger partial charge < -0.3 is 10.6 Å². The molecule has 3 nitrogen and oxygen atoms in total. The van der Waals surface area contributed by atoms with Crippen molar-refractivity contribution in [2.75, 3.05) is 40.3 Å². The van der Waals surface area contributed by atoms with Crippen molar-refractivity contribution < 1.29 is 0 Å². The van der Waals surface area contributed by atoms with Gasteiger partial charge in [-0.05, 0) is 33.6 Å². The number of hydrogen-bond acceptors (Lipinski definition) is 3. The third-order valence-corrected chi connectivity index (χ3v) is 2.15. The van der Waals surface area contributed by atoms with E-state index in [2.05, 4.69) is 23.9 Å². The highest BCUT2D eigenvalue weighted by molar-refractivity contribution is 4.89. The van der Waals surface area contributed by atoms with Crippen LogP contribution in [0.25, 0.3) is 0 Å². The van der Waals surface area contributed by atoms with Crippen LogP contribution < -0.4 is 5.73 Å². The van der Waals surface area contributed by atoms with Gasteiger partial charge in [0.25, 0.3) is 0 Å². The molecule has 66 valence electrons. The van der Waals surface area contributed by atoms with Gasteiger partial charge in [0.2, 0.25) is 0 Å². The second-order valence-electron chi connectivity index (χ2n) is 3.54. The molecule has 1 aliphatic heterocycles. The van der Waals surface area contributed by atoms with E-state index < -0.39 is 0 Å². The summed E-state index contributed by atoms with van der Waals surface area (Å²) in [5, 5.41) is 0. The van der Waals surface area contributed by atoms with E-state index in [1.807, 2.05) is 0 Å². The Morgan fingerprint density at radius 3 is 2.73 bits per heavy atom. The summed E-state index contributed by atoms with van der Waals surface area (Å²) in [6, 6.07) is 0.706. The SMILES string of the molecule is CN(C)CCCN1CC1CN. The standard InChI is InChI=1S/C8H19N3/c1-10(2)4-3-5-11-7-8(11)6-9/h8H,3-7,9H2,1-2H3. The molecule has 0 radical (unpaired) electrons. The van der Waals surface area contributed by atoms with E-state index >= 15 is 0 Å². The zero-order valence-corrected chi connectivity index (χ0v) is 7.58. The van der Waals surface area contributed by atoms with Gasteiger partial charge in [-0.1, -0.05) is 0 Å². The quantitative estimate of drug-likeness (QED) is 0.550. The smallest absolute Gasteiger partial charge is 0.0346 e. The van der Waals surface area contributed by atoms with Gasteiger partial charge in [-0.15, -0.1) is 0 Å². The second-order valence-corrected chi connectivity index (χ2v) is 3.54. The lowest BCUT2D eigenvalue weighted by atomic mass is 10.4. The minimum absolute atomic E-state index is 0.706. The van der Waals surface area contributed by atoms with Crippen molar-refractivity contribution in [1.82, 2.24) is 9.80 Å². The first kappa shape index (κ1) is 8.97. The van der Waals surface area contributed by atoms with Crippen molar-refractivity contribution in [3.8, 4) is 0 Å². The zero-order valence-electron chi connectivity index (χ0n) is 7.58. The van der Waals surface area contributed by atoms with Gasteiger partial charge in [-0.2, -0.15) is 0 Å². The van der Waals surface area contributed by atoms with Crippen molar-refractivity contribution >= 4 is 0 Å². The van der Waals surface area contributed by atoms with Crippen molar-refractivity contribution in [2.24, 2.45) is 5.73 Å². The summed E-state index contributed by atoms with van der Waals surface area (Å²) in [5.41, 5.74) is 5.50. The monoisotopic (exact) mass is 157 g/mol. The summed E-state index contributed by atoms with van der Waals surface area (Å²) in [5.74, 6) is 0. The Hall–Kier alpha value is -0.120. The number of nitrogens with zero attached hydrogens (tertiary/aromatic N) is 2. The molecular formula is C8H19N3. The van der Waals surface area contributed by atoms with Crippen LogP contribution >= 0.6 is 0 Å². The van der Waals surface area contributed by atoms with E-state index in [-0.39, 0.29) is 0 Å². The Morgan fingerprint density at radius 1 is 1.55 bits per heavy atom. The fourth-order valence-electron chi connectivity index (χ4n) is 1.31. The summed E-state index contributed by atoms with van der Waals surface area (Å²) < 4.78 is 0. The lowest BCUT2D eigenvalue weighted by Gasteiger charge is -2.09. The molecule has 0 aromatic carbocycles. The summed E-state index contributed by atoms with van der Waals surface area (Å²) in [7, 11) is 4.23. The molecule has 2 N–H and O–H groups in total. The molecule has 2 atom stereocenters. The molecule has 1 aliphatic rings. The molecule has 1 saturated heterocycles. The fraction of sp³-hybridized carbons (Fsp3) is 1.00. The predicted octanol–water partition coefficient (Wildman–Crippen LogP) is -0.419. The van der Waals surface area contributed by atoms with Gasteiger partial charge >= 0.3 is 0 Å². The van der Waals surface area contributed by atoms with Crippen molar-refractivity contribution in [3.05, 3.63) is 0 Å². The highest BCUT2D eigenvalue weighted by Crippen LogP contribution is 2.15. The number of rotatable bonds is 5. The van der Waals surface area contributed by atoms with E-state index in [0.29, 0.717) is 6.04 Å². The third kappa shape index (κ3) is 3.18. The maximum Gasteiger partial charge on any atom is 0.0346 e. The Kier molecular flexibility index (Phi) is 3.30. The predicted molar refractivity (Wildman–Crippen MR) is 47.6 cm³/mol. The zero-order chi connectivity index (χ0) is 8.27. The molecule has 1 heterocycles. The molecule has 0 aromatic heterocycles. The first-order valence-corrected chi connectivity index (χ1v) is 4.33. The van der Waals surface area contributed by atoms with Gasteiger partial charge in [-0.25, -0.2) is 0 Å². The average molecular weight is 157 g/mol. The Balaban J connectivity index is 1.90. The molecule has 2 unspecified atom stereocenters. The van der Waals surface area contributed by atoms with Crippen LogP contribution in [0.15, 0.2) is 0 Å². The largest absolute Gasteiger partial charge is 0.329 e. The molecule has 0 aliphatic carbocycles. The fourth-order valence-corrected chi connectivity index (χ4v) is 1.31. The molecule has 3 heteroatoms. The molecule has 0 saturated carbocycles. The second kappa shape index (κ2) is 4.04. The molecule has 0 bridgehead atoms. The van der Waals surface area contributed by atoms with Crippen molar-refractivity contribution in [1.29, 1.82) is 0 Å². The minimum Gasteiger partial charge on any atom is -0.329 e. The lowest BCUT2D eigenvalue weighted by molar-refractivity contribution is 0.371. The van der Waals surface area contributed by atoms with Crippen molar-refractivity contribution in [2.45, 2.75) is 12.5 Å². The highest BCUT2D eigenvalue weighted by Gasteiger charge is 2.30. The van der Waals surface area contributed by atoms with E-state index in [9.17, 15) is 0 Å². The summed E-state index contributed by atoms with van der Waals surface area (Å²) in [4.78, 5) is 4.66. The van der Waals surface area contributed by atoms with Gasteiger partial charge in [0, 0.05) is 19.1 Å². The molecule has 0 spiro atoms. The van der Waals surface area contributed by atoms with E-state index in [1.165, 1.54) is 26.1 Å². The van der Waals surface area contributed by atoms with E-state index in [4.69, 9.17) is 5.73 Å². The van der Waals surface area contributed by atoms with Crippen LogP contribution in [-0.4, -0.2) is 56.1 Å². The van der Waals surface area contributed by atoms with Gasteiger partial charge in [-0.3, -0.25) is 4.90 Å². The molecule has 0 aromatic rings. The number of nitrogens with two attached hydrogens (primary N) is 1. The third-order valence-electron chi connectivity index (χ3n) is 2.15. The lowest BCUT2D eigenvalue weighted by Crippen LogP contribution is -2.18. The Bertz CT molecular complexity index is 114. The summed E-state index contributed by atoms with van der Waals surface area (Å²) in [6.07, 6.45) is 1.27. The first-order valence-electron chi connectivity index (χ1n) is 4.33. The maximum atomic E-state index is 5.50. The van der Waals surface area contributed by atoms with E-state index in [1.54, 1.807) is 0 Å². The van der Waals surface area contributed by atoms with Gasteiger partial charge in [0.1, 0.15) is 0 Å². The topological polar surface area (TPSA) is 32.3 Å². The minimum atomic E-state index is 0.706. The van der Waals surface area contributed by atoms with Crippen LogP contribution in [0.2, 0.25) is 0 Å². The van der Waals surface area contributed by atoms with Crippen LogP contribution in [0.4, 0.5) is 0 Å².